The molecule has 0 aromatic carbocycles. The lowest BCUT2D eigenvalue weighted by Gasteiger charge is -2.37. The van der Waals surface area contributed by atoms with Crippen LogP contribution in [-0.4, -0.2) is 94.1 Å². The van der Waals surface area contributed by atoms with Gasteiger partial charge in [-0.2, -0.15) is 0 Å². The molecular weight excluding hydrogens is 404 g/mol. The molecule has 0 spiro atoms. The number of pyridine rings is 1. The largest absolute Gasteiger partial charge is 0.381 e. The minimum Gasteiger partial charge on any atom is -0.381 e. The van der Waals surface area contributed by atoms with Crippen molar-refractivity contribution < 1.29 is 9.47 Å². The number of morpholine rings is 1. The smallest absolute Gasteiger partial charge is 0.191 e. The highest BCUT2D eigenvalue weighted by molar-refractivity contribution is 6.32. The molecule has 1 aromatic rings. The van der Waals surface area contributed by atoms with E-state index < -0.39 is 0 Å². The number of guanidine groups is 1. The third-order valence-corrected chi connectivity index (χ3v) is 6.59. The highest BCUT2D eigenvalue weighted by Crippen LogP contribution is 2.26. The fourth-order valence-corrected chi connectivity index (χ4v) is 4.87. The quantitative estimate of drug-likeness (QED) is 0.513. The molecule has 3 saturated heterocycles. The Bertz CT molecular complexity index is 708. The lowest BCUT2D eigenvalue weighted by atomic mass is 9.97. The molecule has 0 saturated carbocycles. The first kappa shape index (κ1) is 21.6. The van der Waals surface area contributed by atoms with Gasteiger partial charge in [-0.3, -0.25) is 9.89 Å². The highest BCUT2D eigenvalue weighted by Gasteiger charge is 2.32. The van der Waals surface area contributed by atoms with Crippen LogP contribution in [-0.2, 0) is 9.47 Å². The van der Waals surface area contributed by atoms with Gasteiger partial charge in [0.15, 0.2) is 5.96 Å². The third-order valence-electron chi connectivity index (χ3n) is 6.29. The summed E-state index contributed by atoms with van der Waals surface area (Å²) in [5.41, 5.74) is 0. The van der Waals surface area contributed by atoms with Gasteiger partial charge in [-0.15, -0.1) is 0 Å². The summed E-state index contributed by atoms with van der Waals surface area (Å²) in [5, 5.41) is 7.86. The fourth-order valence-electron chi connectivity index (χ4n) is 4.63. The Morgan fingerprint density at radius 1 is 1.27 bits per heavy atom. The molecular formula is C21H33ClN6O2. The summed E-state index contributed by atoms with van der Waals surface area (Å²) in [7, 11) is 1.83. The first-order valence-electron chi connectivity index (χ1n) is 11.0. The van der Waals surface area contributed by atoms with Crippen molar-refractivity contribution in [3.05, 3.63) is 23.4 Å². The van der Waals surface area contributed by atoms with Crippen LogP contribution in [0.5, 0.6) is 0 Å². The summed E-state index contributed by atoms with van der Waals surface area (Å²) < 4.78 is 11.2. The fraction of sp³-hybridized carbons (Fsp3) is 0.714. The molecule has 3 fully saturated rings. The minimum absolute atomic E-state index is 0.311. The van der Waals surface area contributed by atoms with Gasteiger partial charge >= 0.3 is 0 Å². The standard InChI is InChI=1S/C21H33ClN6O2/c1-23-21(26-17-4-7-28(14-17)20-18(22)3-2-6-24-20)25-13-19(16-5-10-30-15-16)27-8-11-29-12-9-27/h2-3,6,16-17,19H,4-5,7-15H2,1H3,(H2,23,25,26). The number of rotatable bonds is 6. The average Bonchev–Trinajstić information content (AvgIpc) is 3.47. The van der Waals surface area contributed by atoms with E-state index >= 15 is 0 Å². The van der Waals surface area contributed by atoms with Crippen molar-refractivity contribution in [3.8, 4) is 0 Å². The number of halogens is 1. The van der Waals surface area contributed by atoms with E-state index in [1.807, 2.05) is 19.2 Å². The summed E-state index contributed by atoms with van der Waals surface area (Å²) in [6.07, 6.45) is 3.94. The predicted molar refractivity (Wildman–Crippen MR) is 119 cm³/mol. The van der Waals surface area contributed by atoms with Crippen molar-refractivity contribution in [2.45, 2.75) is 24.9 Å². The third kappa shape index (κ3) is 5.35. The zero-order valence-electron chi connectivity index (χ0n) is 17.7. The first-order chi connectivity index (χ1) is 14.7. The molecule has 0 amide bonds. The zero-order valence-corrected chi connectivity index (χ0v) is 18.5. The van der Waals surface area contributed by atoms with E-state index in [2.05, 4.69) is 30.4 Å². The number of hydrogen-bond acceptors (Lipinski definition) is 6. The summed E-state index contributed by atoms with van der Waals surface area (Å²) in [5.74, 6) is 2.27. The van der Waals surface area contributed by atoms with Crippen LogP contribution in [0, 0.1) is 5.92 Å². The van der Waals surface area contributed by atoms with Crippen molar-refractivity contribution in [2.24, 2.45) is 10.9 Å². The molecule has 3 atom stereocenters. The number of anilines is 1. The molecule has 4 rings (SSSR count). The second-order valence-corrected chi connectivity index (χ2v) is 8.58. The van der Waals surface area contributed by atoms with E-state index in [-0.39, 0.29) is 0 Å². The molecule has 3 unspecified atom stereocenters. The van der Waals surface area contributed by atoms with Crippen LogP contribution in [0.15, 0.2) is 23.3 Å². The number of aromatic nitrogens is 1. The first-order valence-corrected chi connectivity index (χ1v) is 11.3. The Morgan fingerprint density at radius 3 is 2.87 bits per heavy atom. The van der Waals surface area contributed by atoms with Crippen LogP contribution in [0.3, 0.4) is 0 Å². The van der Waals surface area contributed by atoms with E-state index in [0.29, 0.717) is 23.0 Å². The van der Waals surface area contributed by atoms with Crippen LogP contribution >= 0.6 is 11.6 Å². The molecule has 8 nitrogen and oxygen atoms in total. The van der Waals surface area contributed by atoms with Gasteiger partial charge in [-0.05, 0) is 25.0 Å². The number of hydrogen-bond donors (Lipinski definition) is 2. The van der Waals surface area contributed by atoms with Crippen molar-refractivity contribution in [3.63, 3.8) is 0 Å². The van der Waals surface area contributed by atoms with Gasteiger partial charge in [0.1, 0.15) is 5.82 Å². The van der Waals surface area contributed by atoms with E-state index in [1.165, 1.54) is 0 Å². The van der Waals surface area contributed by atoms with Gasteiger partial charge in [0.2, 0.25) is 0 Å². The summed E-state index contributed by atoms with van der Waals surface area (Å²) in [4.78, 5) is 13.7. The van der Waals surface area contributed by atoms with E-state index in [4.69, 9.17) is 21.1 Å². The van der Waals surface area contributed by atoms with Crippen molar-refractivity contribution in [1.82, 2.24) is 20.5 Å². The Kier molecular flexibility index (Phi) is 7.65. The molecule has 1 aromatic heterocycles. The SMILES string of the molecule is CN=C(NCC(C1CCOC1)N1CCOCC1)NC1CCN(c2ncccc2Cl)C1. The highest BCUT2D eigenvalue weighted by atomic mass is 35.5. The molecule has 3 aliphatic rings. The predicted octanol–water partition coefficient (Wildman–Crippen LogP) is 1.22. The van der Waals surface area contributed by atoms with Gasteiger partial charge in [0.05, 0.1) is 24.8 Å². The van der Waals surface area contributed by atoms with Crippen LogP contribution in [0.25, 0.3) is 0 Å². The van der Waals surface area contributed by atoms with Crippen LogP contribution in [0.1, 0.15) is 12.8 Å². The summed E-state index contributed by atoms with van der Waals surface area (Å²) >= 11 is 6.32. The minimum atomic E-state index is 0.311. The van der Waals surface area contributed by atoms with Crippen molar-refractivity contribution in [1.29, 1.82) is 0 Å². The van der Waals surface area contributed by atoms with Gasteiger partial charge in [-0.25, -0.2) is 4.98 Å². The average molecular weight is 437 g/mol. The molecule has 166 valence electrons. The van der Waals surface area contributed by atoms with Crippen LogP contribution in [0.4, 0.5) is 5.82 Å². The van der Waals surface area contributed by atoms with Gasteiger partial charge in [0, 0.05) is 70.6 Å². The Hall–Kier alpha value is -1.61. The maximum atomic E-state index is 6.32. The Labute approximate surface area is 184 Å². The van der Waals surface area contributed by atoms with Crippen molar-refractivity contribution in [2.75, 3.05) is 71.1 Å². The van der Waals surface area contributed by atoms with E-state index in [0.717, 1.165) is 83.8 Å². The molecule has 0 radical (unpaired) electrons. The molecule has 2 N–H and O–H groups in total. The number of ether oxygens (including phenoxy) is 2. The van der Waals surface area contributed by atoms with Crippen LogP contribution < -0.4 is 15.5 Å². The van der Waals surface area contributed by atoms with Gasteiger partial charge in [-0.1, -0.05) is 11.6 Å². The summed E-state index contributed by atoms with van der Waals surface area (Å²) in [6, 6.07) is 4.50. The molecule has 3 aliphatic heterocycles. The maximum absolute atomic E-state index is 6.32. The topological polar surface area (TPSA) is 74.2 Å². The second kappa shape index (κ2) is 10.6. The molecule has 0 bridgehead atoms. The molecule has 9 heteroatoms. The van der Waals surface area contributed by atoms with Crippen molar-refractivity contribution >= 4 is 23.4 Å². The number of nitrogens with zero attached hydrogens (tertiary/aromatic N) is 4. The van der Waals surface area contributed by atoms with E-state index in [1.54, 1.807) is 6.20 Å². The normalized spacial score (nSPS) is 26.7. The van der Waals surface area contributed by atoms with Gasteiger partial charge in [0.25, 0.3) is 0 Å². The molecule has 4 heterocycles. The molecule has 30 heavy (non-hydrogen) atoms. The van der Waals surface area contributed by atoms with Crippen LogP contribution in [0.2, 0.25) is 5.02 Å². The lowest BCUT2D eigenvalue weighted by Crippen LogP contribution is -2.54. The monoisotopic (exact) mass is 436 g/mol. The Balaban J connectivity index is 1.31. The number of aliphatic imine (C=N–C) groups is 1. The summed E-state index contributed by atoms with van der Waals surface area (Å²) in [6.45, 7) is 7.95. The Morgan fingerprint density at radius 2 is 2.13 bits per heavy atom. The zero-order chi connectivity index (χ0) is 20.8. The molecule has 0 aliphatic carbocycles. The van der Waals surface area contributed by atoms with E-state index in [9.17, 15) is 0 Å². The maximum Gasteiger partial charge on any atom is 0.191 e. The number of nitrogens with one attached hydrogen (secondary N) is 2. The van der Waals surface area contributed by atoms with Gasteiger partial charge < -0.3 is 25.0 Å². The lowest BCUT2D eigenvalue weighted by molar-refractivity contribution is 0.00246. The second-order valence-electron chi connectivity index (χ2n) is 8.18.